The van der Waals surface area contributed by atoms with Crippen LogP contribution in [0.15, 0.2) is 40.8 Å². The number of anilines is 1. The molecule has 0 bridgehead atoms. The van der Waals surface area contributed by atoms with Crippen LogP contribution in [-0.4, -0.2) is 28.9 Å². The van der Waals surface area contributed by atoms with E-state index in [0.29, 0.717) is 29.2 Å². The number of hydrogen-bond acceptors (Lipinski definition) is 4. The summed E-state index contributed by atoms with van der Waals surface area (Å²) in [6.45, 7) is 2.71. The van der Waals surface area contributed by atoms with Gasteiger partial charge in [0.25, 0.3) is 0 Å². The third-order valence-electron chi connectivity index (χ3n) is 4.85. The molecule has 4 rings (SSSR count). The van der Waals surface area contributed by atoms with Crippen molar-refractivity contribution >= 4 is 34.3 Å². The summed E-state index contributed by atoms with van der Waals surface area (Å²) in [6, 6.07) is 7.84. The number of halogens is 4. The Morgan fingerprint density at radius 1 is 1.19 bits per heavy atom. The number of nitrogens with one attached hydrogen (secondary N) is 1. The summed E-state index contributed by atoms with van der Waals surface area (Å²) in [4.78, 5) is 18.9. The van der Waals surface area contributed by atoms with E-state index in [4.69, 9.17) is 16.0 Å². The van der Waals surface area contributed by atoms with Gasteiger partial charge in [0.2, 0.25) is 5.89 Å². The van der Waals surface area contributed by atoms with E-state index in [1.165, 1.54) is 12.8 Å². The number of aromatic nitrogens is 1. The van der Waals surface area contributed by atoms with Crippen LogP contribution in [0.4, 0.5) is 18.9 Å². The second-order valence-corrected chi connectivity index (χ2v) is 7.58. The van der Waals surface area contributed by atoms with Crippen molar-refractivity contribution < 1.29 is 22.4 Å². The summed E-state index contributed by atoms with van der Waals surface area (Å²) >= 11 is 5.85. The van der Waals surface area contributed by atoms with Gasteiger partial charge in [-0.05, 0) is 62.3 Å². The summed E-state index contributed by atoms with van der Waals surface area (Å²) in [5.74, 6) is 4.82. The molecule has 0 spiro atoms. The number of carbonyl (C=O) groups excluding carboxylic acids is 1. The van der Waals surface area contributed by atoms with Crippen molar-refractivity contribution in [2.24, 2.45) is 0 Å². The zero-order valence-electron chi connectivity index (χ0n) is 16.2. The number of likely N-dealkylation sites (tertiary alicyclic amines) is 1. The molecule has 0 aliphatic carbocycles. The highest BCUT2D eigenvalue weighted by Crippen LogP contribution is 2.31. The Morgan fingerprint density at radius 3 is 2.68 bits per heavy atom. The van der Waals surface area contributed by atoms with E-state index in [2.05, 4.69) is 27.0 Å². The quantitative estimate of drug-likeness (QED) is 0.568. The summed E-state index contributed by atoms with van der Waals surface area (Å²) in [5, 5.41) is 2.44. The van der Waals surface area contributed by atoms with E-state index in [1.54, 1.807) is 18.2 Å². The first kappa shape index (κ1) is 21.2. The molecule has 1 aliphatic rings. The lowest BCUT2D eigenvalue weighted by molar-refractivity contribution is -0.137. The predicted octanol–water partition coefficient (Wildman–Crippen LogP) is 5.09. The fraction of sp³-hybridized carbons (Fsp3) is 0.273. The summed E-state index contributed by atoms with van der Waals surface area (Å²) in [6.07, 6.45) is -2.15. The molecule has 31 heavy (non-hydrogen) atoms. The van der Waals surface area contributed by atoms with E-state index < -0.39 is 17.6 Å². The molecule has 0 saturated carbocycles. The Hall–Kier alpha value is -3.02. The van der Waals surface area contributed by atoms with Gasteiger partial charge in [-0.3, -0.25) is 9.69 Å². The van der Waals surface area contributed by atoms with Crippen molar-refractivity contribution in [2.45, 2.75) is 25.6 Å². The number of nitrogens with zero attached hydrogens (tertiary/aromatic N) is 2. The molecule has 3 aromatic rings. The second-order valence-electron chi connectivity index (χ2n) is 7.17. The Morgan fingerprint density at radius 2 is 1.97 bits per heavy atom. The molecule has 160 valence electrons. The van der Waals surface area contributed by atoms with Crippen LogP contribution in [0.5, 0.6) is 0 Å². The van der Waals surface area contributed by atoms with E-state index in [0.717, 1.165) is 31.3 Å². The number of rotatable bonds is 3. The van der Waals surface area contributed by atoms with Crippen molar-refractivity contribution in [3.63, 3.8) is 0 Å². The van der Waals surface area contributed by atoms with Gasteiger partial charge in [-0.25, -0.2) is 4.98 Å². The predicted molar refractivity (Wildman–Crippen MR) is 110 cm³/mol. The van der Waals surface area contributed by atoms with Gasteiger partial charge in [0, 0.05) is 17.2 Å². The molecule has 1 amide bonds. The van der Waals surface area contributed by atoms with E-state index in [9.17, 15) is 18.0 Å². The maximum Gasteiger partial charge on any atom is 0.416 e. The normalized spacial score (nSPS) is 14.5. The van der Waals surface area contributed by atoms with Crippen LogP contribution in [0.1, 0.15) is 29.9 Å². The number of amides is 1. The molecule has 1 N–H and O–H groups in total. The second kappa shape index (κ2) is 8.61. The van der Waals surface area contributed by atoms with Gasteiger partial charge in [0.15, 0.2) is 5.58 Å². The maximum absolute atomic E-state index is 12.7. The number of carbonyl (C=O) groups is 1. The van der Waals surface area contributed by atoms with Gasteiger partial charge in [-0.15, -0.1) is 0 Å². The van der Waals surface area contributed by atoms with Crippen LogP contribution in [0.3, 0.4) is 0 Å². The van der Waals surface area contributed by atoms with E-state index in [1.807, 2.05) is 0 Å². The minimum Gasteiger partial charge on any atom is -0.439 e. The summed E-state index contributed by atoms with van der Waals surface area (Å²) < 4.78 is 43.8. The van der Waals surface area contributed by atoms with Crippen molar-refractivity contribution in [3.8, 4) is 11.8 Å². The molecular formula is C22H17ClF3N3O2. The zero-order chi connectivity index (χ0) is 22.0. The Bertz CT molecular complexity index is 1190. The minimum atomic E-state index is -4.50. The van der Waals surface area contributed by atoms with Crippen LogP contribution in [0, 0.1) is 11.8 Å². The molecule has 1 aromatic heterocycles. The number of benzene rings is 2. The highest BCUT2D eigenvalue weighted by Gasteiger charge is 2.30. The van der Waals surface area contributed by atoms with Crippen molar-refractivity contribution in [2.75, 3.05) is 18.4 Å². The van der Waals surface area contributed by atoms with Gasteiger partial charge in [0.1, 0.15) is 5.52 Å². The van der Waals surface area contributed by atoms with E-state index >= 15 is 0 Å². The van der Waals surface area contributed by atoms with Crippen molar-refractivity contribution in [1.29, 1.82) is 0 Å². The molecule has 1 fully saturated rings. The standard InChI is InChI=1S/C22H17ClF3N3O2/c23-17-11-15(22(24,25)26)5-3-14(17)4-8-20(30)27-16-6-7-19-18(12-16)28-21(31-19)13-29-9-1-2-10-29/h3,5-7,11-12H,1-2,9-10,13H2,(H,27,30). The van der Waals surface area contributed by atoms with Crippen LogP contribution in [0.25, 0.3) is 11.1 Å². The SMILES string of the molecule is O=C(C#Cc1ccc(C(F)(F)F)cc1Cl)Nc1ccc2oc(CN3CCCC3)nc2c1. The molecule has 5 nitrogen and oxygen atoms in total. The van der Waals surface area contributed by atoms with Crippen LogP contribution in [-0.2, 0) is 17.5 Å². The summed E-state index contributed by atoms with van der Waals surface area (Å²) in [7, 11) is 0. The lowest BCUT2D eigenvalue weighted by atomic mass is 10.1. The lowest BCUT2D eigenvalue weighted by Gasteiger charge is -2.10. The lowest BCUT2D eigenvalue weighted by Crippen LogP contribution is -2.18. The van der Waals surface area contributed by atoms with Crippen LogP contribution in [0.2, 0.25) is 5.02 Å². The van der Waals surface area contributed by atoms with Gasteiger partial charge in [-0.2, -0.15) is 13.2 Å². The molecule has 9 heteroatoms. The molecular weight excluding hydrogens is 431 g/mol. The van der Waals surface area contributed by atoms with Gasteiger partial charge in [-0.1, -0.05) is 17.5 Å². The third-order valence-corrected chi connectivity index (χ3v) is 5.17. The number of hydrogen-bond donors (Lipinski definition) is 1. The molecule has 0 unspecified atom stereocenters. The third kappa shape index (κ3) is 5.19. The van der Waals surface area contributed by atoms with Gasteiger partial charge >= 0.3 is 12.1 Å². The smallest absolute Gasteiger partial charge is 0.416 e. The fourth-order valence-electron chi connectivity index (χ4n) is 3.33. The molecule has 2 heterocycles. The topological polar surface area (TPSA) is 58.4 Å². The number of alkyl halides is 3. The average molecular weight is 448 g/mol. The molecule has 1 saturated heterocycles. The number of fused-ring (bicyclic) bond motifs is 1. The number of oxazole rings is 1. The highest BCUT2D eigenvalue weighted by atomic mass is 35.5. The minimum absolute atomic E-state index is 0.128. The monoisotopic (exact) mass is 447 g/mol. The van der Waals surface area contributed by atoms with Crippen molar-refractivity contribution in [3.05, 3.63) is 58.4 Å². The first-order valence-electron chi connectivity index (χ1n) is 9.59. The highest BCUT2D eigenvalue weighted by molar-refractivity contribution is 6.31. The maximum atomic E-state index is 12.7. The van der Waals surface area contributed by atoms with Crippen LogP contribution >= 0.6 is 11.6 Å². The Kier molecular flexibility index (Phi) is 5.90. The van der Waals surface area contributed by atoms with Crippen molar-refractivity contribution in [1.82, 2.24) is 9.88 Å². The largest absolute Gasteiger partial charge is 0.439 e. The zero-order valence-corrected chi connectivity index (χ0v) is 17.0. The fourth-order valence-corrected chi connectivity index (χ4v) is 3.56. The molecule has 2 aromatic carbocycles. The summed E-state index contributed by atoms with van der Waals surface area (Å²) in [5.41, 5.74) is 0.965. The van der Waals surface area contributed by atoms with Gasteiger partial charge < -0.3 is 9.73 Å². The van der Waals surface area contributed by atoms with E-state index in [-0.39, 0.29) is 10.6 Å². The molecule has 0 radical (unpaired) electrons. The Labute approximate surface area is 181 Å². The Balaban J connectivity index is 1.44. The molecule has 0 atom stereocenters. The van der Waals surface area contributed by atoms with Gasteiger partial charge in [0.05, 0.1) is 17.1 Å². The van der Waals surface area contributed by atoms with Crippen LogP contribution < -0.4 is 5.32 Å². The first-order chi connectivity index (χ1) is 14.8. The first-order valence-corrected chi connectivity index (χ1v) is 9.97. The average Bonchev–Trinajstić information content (AvgIpc) is 3.35. The molecule has 1 aliphatic heterocycles.